The molecule has 0 aromatic rings. The van der Waals surface area contributed by atoms with E-state index >= 15 is 0 Å². The number of aliphatic hydroxyl groups is 2. The van der Waals surface area contributed by atoms with Crippen LogP contribution in [0.15, 0.2) is 0 Å². The highest BCUT2D eigenvalue weighted by atomic mass is 16.4. The minimum atomic E-state index is -0.741. The van der Waals surface area contributed by atoms with Gasteiger partial charge in [-0.05, 0) is 12.8 Å². The minimum absolute atomic E-state index is 0.0278. The maximum absolute atomic E-state index is 9.70. The van der Waals surface area contributed by atoms with Gasteiger partial charge in [-0.15, -0.1) is 0 Å². The SMILES string of the molecule is CC(C)C(=O)O.CC(C)C(=O)O.CC(C)C(O)C(C)C(C)O. The lowest BCUT2D eigenvalue weighted by Crippen LogP contribution is -2.31. The second kappa shape index (κ2) is 13.5. The summed E-state index contributed by atoms with van der Waals surface area (Å²) in [4.78, 5) is 19.4. The van der Waals surface area contributed by atoms with Crippen LogP contribution in [0.5, 0.6) is 0 Å². The van der Waals surface area contributed by atoms with Crippen molar-refractivity contribution in [2.45, 2.75) is 67.6 Å². The smallest absolute Gasteiger partial charge is 0.305 e. The minimum Gasteiger partial charge on any atom is -0.481 e. The summed E-state index contributed by atoms with van der Waals surface area (Å²) in [5.41, 5.74) is 0. The monoisotopic (exact) mass is 322 g/mol. The van der Waals surface area contributed by atoms with Crippen LogP contribution in [-0.2, 0) is 9.59 Å². The Kier molecular flexibility index (Phi) is 15.8. The van der Waals surface area contributed by atoms with Crippen LogP contribution in [0.3, 0.4) is 0 Å². The molecule has 0 saturated carbocycles. The Balaban J connectivity index is -0.000000261. The summed E-state index contributed by atoms with van der Waals surface area (Å²) in [5.74, 6) is -1.75. The van der Waals surface area contributed by atoms with Crippen LogP contribution in [-0.4, -0.2) is 44.6 Å². The fourth-order valence-corrected chi connectivity index (χ4v) is 0.892. The molecule has 0 aromatic carbocycles. The van der Waals surface area contributed by atoms with E-state index in [9.17, 15) is 14.7 Å². The standard InChI is InChI=1S/C8H18O2.2C4H8O2/c1-5(2)8(10)6(3)7(4)9;2*1-3(2)4(5)6/h5-10H,1-4H3;2*3H,1-2H3,(H,5,6). The third-order valence-corrected chi connectivity index (χ3v) is 2.97. The van der Waals surface area contributed by atoms with Crippen molar-refractivity contribution < 1.29 is 30.0 Å². The first kappa shape index (κ1) is 25.8. The molecule has 0 aliphatic heterocycles. The summed E-state index contributed by atoms with van der Waals surface area (Å²) in [6, 6.07) is 0. The molecular formula is C16H34O6. The van der Waals surface area contributed by atoms with Crippen LogP contribution in [0.1, 0.15) is 55.4 Å². The molecule has 0 fully saturated rings. The van der Waals surface area contributed by atoms with Crippen LogP contribution < -0.4 is 0 Å². The van der Waals surface area contributed by atoms with E-state index in [1.807, 2.05) is 20.8 Å². The van der Waals surface area contributed by atoms with Gasteiger partial charge in [-0.25, -0.2) is 0 Å². The lowest BCUT2D eigenvalue weighted by molar-refractivity contribution is -0.141. The molecule has 134 valence electrons. The van der Waals surface area contributed by atoms with Crippen LogP contribution in [0.25, 0.3) is 0 Å². The average Bonchev–Trinajstić information content (AvgIpc) is 2.37. The second-order valence-corrected chi connectivity index (χ2v) is 6.32. The highest BCUT2D eigenvalue weighted by Crippen LogP contribution is 2.15. The largest absolute Gasteiger partial charge is 0.481 e. The lowest BCUT2D eigenvalue weighted by atomic mass is 9.91. The predicted octanol–water partition coefficient (Wildman–Crippen LogP) is 2.47. The van der Waals surface area contributed by atoms with Gasteiger partial charge in [0, 0.05) is 5.92 Å². The molecule has 0 rings (SSSR count). The van der Waals surface area contributed by atoms with Crippen molar-refractivity contribution in [3.63, 3.8) is 0 Å². The maximum atomic E-state index is 9.70. The molecule has 0 saturated heterocycles. The predicted molar refractivity (Wildman–Crippen MR) is 86.6 cm³/mol. The fourth-order valence-electron chi connectivity index (χ4n) is 0.892. The molecule has 0 bridgehead atoms. The normalized spacial score (nSPS) is 14.4. The first-order valence-corrected chi connectivity index (χ1v) is 7.57. The summed E-state index contributed by atoms with van der Waals surface area (Å²) < 4.78 is 0. The zero-order chi connectivity index (χ0) is 18.6. The molecule has 4 N–H and O–H groups in total. The van der Waals surface area contributed by atoms with Gasteiger partial charge in [0.15, 0.2) is 0 Å². The maximum Gasteiger partial charge on any atom is 0.305 e. The van der Waals surface area contributed by atoms with Gasteiger partial charge in [0.05, 0.1) is 24.0 Å². The quantitative estimate of drug-likeness (QED) is 0.618. The van der Waals surface area contributed by atoms with Crippen molar-refractivity contribution in [3.8, 4) is 0 Å². The molecule has 0 aromatic heterocycles. The molecular weight excluding hydrogens is 288 g/mol. The third kappa shape index (κ3) is 16.9. The van der Waals surface area contributed by atoms with Crippen LogP contribution in [0.4, 0.5) is 0 Å². The summed E-state index contributed by atoms with van der Waals surface area (Å²) in [6.07, 6.45) is -0.808. The van der Waals surface area contributed by atoms with E-state index in [0.717, 1.165) is 0 Å². The van der Waals surface area contributed by atoms with E-state index in [1.165, 1.54) is 0 Å². The summed E-state index contributed by atoms with van der Waals surface area (Å²) in [6.45, 7) is 14.0. The molecule has 0 amide bonds. The zero-order valence-corrected chi connectivity index (χ0v) is 15.1. The van der Waals surface area contributed by atoms with E-state index in [0.29, 0.717) is 0 Å². The van der Waals surface area contributed by atoms with Gasteiger partial charge in [-0.1, -0.05) is 48.5 Å². The second-order valence-electron chi connectivity index (χ2n) is 6.32. The van der Waals surface area contributed by atoms with E-state index in [4.69, 9.17) is 15.3 Å². The Morgan fingerprint density at radius 3 is 0.955 bits per heavy atom. The molecule has 6 nitrogen and oxygen atoms in total. The van der Waals surface area contributed by atoms with E-state index in [1.54, 1.807) is 34.6 Å². The van der Waals surface area contributed by atoms with Crippen molar-refractivity contribution in [1.29, 1.82) is 0 Å². The Hall–Kier alpha value is -1.14. The van der Waals surface area contributed by atoms with Gasteiger partial charge >= 0.3 is 11.9 Å². The number of carbonyl (C=O) groups is 2. The molecule has 3 unspecified atom stereocenters. The van der Waals surface area contributed by atoms with Gasteiger partial charge in [0.25, 0.3) is 0 Å². The number of aliphatic hydroxyl groups excluding tert-OH is 2. The average molecular weight is 322 g/mol. The molecule has 0 radical (unpaired) electrons. The van der Waals surface area contributed by atoms with Gasteiger partial charge in [0.1, 0.15) is 0 Å². The Bertz CT molecular complexity index is 267. The zero-order valence-electron chi connectivity index (χ0n) is 15.1. The Labute approximate surface area is 134 Å². The number of carboxylic acids is 2. The first-order chi connectivity index (χ1) is 9.75. The Morgan fingerprint density at radius 1 is 0.682 bits per heavy atom. The fraction of sp³-hybridized carbons (Fsp3) is 0.875. The molecule has 0 aliphatic rings. The number of hydrogen-bond donors (Lipinski definition) is 4. The first-order valence-electron chi connectivity index (χ1n) is 7.57. The summed E-state index contributed by atoms with van der Waals surface area (Å²) in [5, 5.41) is 34.5. The highest BCUT2D eigenvalue weighted by Gasteiger charge is 2.21. The molecule has 3 atom stereocenters. The van der Waals surface area contributed by atoms with Gasteiger partial charge in [0.2, 0.25) is 0 Å². The van der Waals surface area contributed by atoms with E-state index < -0.39 is 18.0 Å². The molecule has 0 aliphatic carbocycles. The van der Waals surface area contributed by atoms with Crippen molar-refractivity contribution in [1.82, 2.24) is 0 Å². The van der Waals surface area contributed by atoms with Crippen molar-refractivity contribution >= 4 is 11.9 Å². The molecule has 0 heterocycles. The molecule has 6 heteroatoms. The Morgan fingerprint density at radius 2 is 0.909 bits per heavy atom. The van der Waals surface area contributed by atoms with Crippen molar-refractivity contribution in [3.05, 3.63) is 0 Å². The summed E-state index contributed by atoms with van der Waals surface area (Å²) in [7, 11) is 0. The number of rotatable bonds is 5. The van der Waals surface area contributed by atoms with Gasteiger partial charge in [-0.3, -0.25) is 9.59 Å². The van der Waals surface area contributed by atoms with Crippen LogP contribution in [0.2, 0.25) is 0 Å². The third-order valence-electron chi connectivity index (χ3n) is 2.97. The topological polar surface area (TPSA) is 115 Å². The van der Waals surface area contributed by atoms with E-state index in [2.05, 4.69) is 0 Å². The van der Waals surface area contributed by atoms with E-state index in [-0.39, 0.29) is 29.8 Å². The number of hydrogen-bond acceptors (Lipinski definition) is 4. The van der Waals surface area contributed by atoms with Gasteiger partial charge in [-0.2, -0.15) is 0 Å². The molecule has 22 heavy (non-hydrogen) atoms. The highest BCUT2D eigenvalue weighted by molar-refractivity contribution is 5.69. The number of carboxylic acid groups (broad SMARTS) is 2. The van der Waals surface area contributed by atoms with Crippen LogP contribution >= 0.6 is 0 Å². The molecule has 0 spiro atoms. The van der Waals surface area contributed by atoms with Gasteiger partial charge < -0.3 is 20.4 Å². The van der Waals surface area contributed by atoms with Crippen molar-refractivity contribution in [2.75, 3.05) is 0 Å². The lowest BCUT2D eigenvalue weighted by Gasteiger charge is -2.24. The van der Waals surface area contributed by atoms with Crippen LogP contribution in [0, 0.1) is 23.7 Å². The number of aliphatic carboxylic acids is 2. The van der Waals surface area contributed by atoms with Crippen molar-refractivity contribution in [2.24, 2.45) is 23.7 Å². The summed E-state index contributed by atoms with van der Waals surface area (Å²) >= 11 is 0.